The molecule has 1 aromatic heterocycles. The van der Waals surface area contributed by atoms with Gasteiger partial charge in [-0.1, -0.05) is 30.3 Å². The normalized spacial score (nSPS) is 18.0. The molecule has 0 bridgehead atoms. The standard InChI is InChI=1S/C23H24FN3O/c1-26-14-5-8-20(13-15-26)27-23(28)21(17-6-3-2-4-7-17)16-22(25-27)18-9-11-19(24)12-10-18/h2-4,6-7,9-12,16,20H,5,8,13-15H2,1H3. The van der Waals surface area contributed by atoms with Crippen molar-refractivity contribution < 1.29 is 4.39 Å². The van der Waals surface area contributed by atoms with E-state index in [0.717, 1.165) is 43.5 Å². The third kappa shape index (κ3) is 3.90. The second kappa shape index (κ2) is 8.07. The van der Waals surface area contributed by atoms with Crippen LogP contribution < -0.4 is 5.56 Å². The summed E-state index contributed by atoms with van der Waals surface area (Å²) in [5.74, 6) is -0.285. The van der Waals surface area contributed by atoms with E-state index in [0.29, 0.717) is 11.3 Å². The van der Waals surface area contributed by atoms with E-state index in [1.807, 2.05) is 36.4 Å². The number of aromatic nitrogens is 2. The second-order valence-electron chi connectivity index (χ2n) is 7.45. The van der Waals surface area contributed by atoms with Gasteiger partial charge in [0.1, 0.15) is 5.82 Å². The lowest BCUT2D eigenvalue weighted by atomic mass is 10.0. The van der Waals surface area contributed by atoms with Crippen LogP contribution in [0.5, 0.6) is 0 Å². The Bertz CT molecular complexity index is 999. The fourth-order valence-corrected chi connectivity index (χ4v) is 3.81. The fraction of sp³-hybridized carbons (Fsp3) is 0.304. The zero-order chi connectivity index (χ0) is 19.5. The van der Waals surface area contributed by atoms with Crippen LogP contribution in [0.25, 0.3) is 22.4 Å². The molecule has 1 saturated heterocycles. The molecule has 0 aliphatic carbocycles. The van der Waals surface area contributed by atoms with Crippen molar-refractivity contribution in [3.8, 4) is 22.4 Å². The van der Waals surface area contributed by atoms with Gasteiger partial charge in [0.05, 0.1) is 17.3 Å². The highest BCUT2D eigenvalue weighted by Gasteiger charge is 2.21. The quantitative estimate of drug-likeness (QED) is 0.680. The number of hydrogen-bond acceptors (Lipinski definition) is 3. The molecule has 1 fully saturated rings. The maximum atomic E-state index is 13.4. The molecule has 5 heteroatoms. The highest BCUT2D eigenvalue weighted by atomic mass is 19.1. The summed E-state index contributed by atoms with van der Waals surface area (Å²) in [6.07, 6.45) is 2.86. The molecule has 3 aromatic rings. The predicted molar refractivity (Wildman–Crippen MR) is 110 cm³/mol. The third-order valence-electron chi connectivity index (χ3n) is 5.43. The van der Waals surface area contributed by atoms with E-state index in [9.17, 15) is 9.18 Å². The molecule has 144 valence electrons. The molecule has 4 nitrogen and oxygen atoms in total. The van der Waals surface area contributed by atoms with Crippen molar-refractivity contribution >= 4 is 0 Å². The lowest BCUT2D eigenvalue weighted by Crippen LogP contribution is -2.29. The van der Waals surface area contributed by atoms with Crippen LogP contribution in [-0.2, 0) is 0 Å². The SMILES string of the molecule is CN1CCCC(n2nc(-c3ccc(F)cc3)cc(-c3ccccc3)c2=O)CC1. The van der Waals surface area contributed by atoms with Gasteiger partial charge in [0.2, 0.25) is 0 Å². The zero-order valence-corrected chi connectivity index (χ0v) is 16.0. The minimum atomic E-state index is -0.285. The predicted octanol–water partition coefficient (Wildman–Crippen LogP) is 4.37. The van der Waals surface area contributed by atoms with Gasteiger partial charge in [-0.3, -0.25) is 4.79 Å². The highest BCUT2D eigenvalue weighted by molar-refractivity contribution is 5.69. The Balaban J connectivity index is 1.85. The lowest BCUT2D eigenvalue weighted by molar-refractivity contribution is 0.334. The van der Waals surface area contributed by atoms with Gasteiger partial charge in [0.15, 0.2) is 0 Å². The van der Waals surface area contributed by atoms with Crippen molar-refractivity contribution in [3.63, 3.8) is 0 Å². The van der Waals surface area contributed by atoms with E-state index in [4.69, 9.17) is 5.10 Å². The molecule has 0 spiro atoms. The van der Waals surface area contributed by atoms with E-state index >= 15 is 0 Å². The van der Waals surface area contributed by atoms with Gasteiger partial charge in [0, 0.05) is 5.56 Å². The Hall–Kier alpha value is -2.79. The summed E-state index contributed by atoms with van der Waals surface area (Å²) in [5.41, 5.74) is 2.94. The maximum absolute atomic E-state index is 13.4. The van der Waals surface area contributed by atoms with Gasteiger partial charge in [0.25, 0.3) is 5.56 Å². The molecule has 4 rings (SSSR count). The van der Waals surface area contributed by atoms with E-state index in [-0.39, 0.29) is 17.4 Å². The Morgan fingerprint density at radius 2 is 1.71 bits per heavy atom. The first-order chi connectivity index (χ1) is 13.6. The van der Waals surface area contributed by atoms with Crippen LogP contribution in [0.2, 0.25) is 0 Å². The van der Waals surface area contributed by atoms with Crippen molar-refractivity contribution in [1.29, 1.82) is 0 Å². The van der Waals surface area contributed by atoms with E-state index < -0.39 is 0 Å². The number of rotatable bonds is 3. The van der Waals surface area contributed by atoms with Crippen LogP contribution in [0.4, 0.5) is 4.39 Å². The molecular formula is C23H24FN3O. The molecule has 2 heterocycles. The van der Waals surface area contributed by atoms with Gasteiger partial charge in [-0.2, -0.15) is 5.10 Å². The minimum Gasteiger partial charge on any atom is -0.306 e. The molecule has 1 unspecified atom stereocenters. The van der Waals surface area contributed by atoms with E-state index in [1.54, 1.807) is 16.8 Å². The summed E-state index contributed by atoms with van der Waals surface area (Å²) in [7, 11) is 2.11. The van der Waals surface area contributed by atoms with Crippen LogP contribution in [0, 0.1) is 5.82 Å². The summed E-state index contributed by atoms with van der Waals surface area (Å²) in [4.78, 5) is 15.6. The Morgan fingerprint density at radius 1 is 0.964 bits per heavy atom. The monoisotopic (exact) mass is 377 g/mol. The maximum Gasteiger partial charge on any atom is 0.274 e. The summed E-state index contributed by atoms with van der Waals surface area (Å²) >= 11 is 0. The molecule has 0 radical (unpaired) electrons. The smallest absolute Gasteiger partial charge is 0.274 e. The van der Waals surface area contributed by atoms with Crippen molar-refractivity contribution in [1.82, 2.24) is 14.7 Å². The van der Waals surface area contributed by atoms with Crippen LogP contribution in [0.1, 0.15) is 25.3 Å². The summed E-state index contributed by atoms with van der Waals surface area (Å²) in [6.45, 7) is 1.98. The number of likely N-dealkylation sites (tertiary alicyclic amines) is 1. The number of halogens is 1. The second-order valence-corrected chi connectivity index (χ2v) is 7.45. The Kier molecular flexibility index (Phi) is 5.35. The van der Waals surface area contributed by atoms with Crippen LogP contribution in [-0.4, -0.2) is 34.8 Å². The van der Waals surface area contributed by atoms with E-state index in [1.165, 1.54) is 12.1 Å². The van der Waals surface area contributed by atoms with Crippen LogP contribution >= 0.6 is 0 Å². The highest BCUT2D eigenvalue weighted by Crippen LogP contribution is 2.26. The number of hydrogen-bond donors (Lipinski definition) is 0. The molecule has 2 aromatic carbocycles. The Labute approximate surface area is 164 Å². The molecule has 0 N–H and O–H groups in total. The Morgan fingerprint density at radius 3 is 2.46 bits per heavy atom. The minimum absolute atomic E-state index is 0.0633. The van der Waals surface area contributed by atoms with Crippen molar-refractivity contribution in [3.05, 3.63) is 76.8 Å². The first-order valence-electron chi connectivity index (χ1n) is 9.75. The topological polar surface area (TPSA) is 38.1 Å². The van der Waals surface area contributed by atoms with E-state index in [2.05, 4.69) is 11.9 Å². The summed E-state index contributed by atoms with van der Waals surface area (Å²) in [5, 5.41) is 4.71. The summed E-state index contributed by atoms with van der Waals surface area (Å²) < 4.78 is 15.0. The fourth-order valence-electron chi connectivity index (χ4n) is 3.81. The average Bonchev–Trinajstić information content (AvgIpc) is 2.94. The largest absolute Gasteiger partial charge is 0.306 e. The molecule has 0 saturated carbocycles. The molecule has 1 aliphatic rings. The van der Waals surface area contributed by atoms with Crippen molar-refractivity contribution in [2.45, 2.75) is 25.3 Å². The number of nitrogens with zero attached hydrogens (tertiary/aromatic N) is 3. The molecule has 1 atom stereocenters. The zero-order valence-electron chi connectivity index (χ0n) is 16.0. The van der Waals surface area contributed by atoms with Crippen molar-refractivity contribution in [2.24, 2.45) is 0 Å². The lowest BCUT2D eigenvalue weighted by Gasteiger charge is -2.19. The first kappa shape index (κ1) is 18.6. The number of benzene rings is 2. The van der Waals surface area contributed by atoms with Gasteiger partial charge >= 0.3 is 0 Å². The van der Waals surface area contributed by atoms with Crippen molar-refractivity contribution in [2.75, 3.05) is 20.1 Å². The van der Waals surface area contributed by atoms with Crippen LogP contribution in [0.3, 0.4) is 0 Å². The van der Waals surface area contributed by atoms with Gasteiger partial charge in [-0.05, 0) is 75.3 Å². The summed E-state index contributed by atoms with van der Waals surface area (Å²) in [6, 6.07) is 17.8. The molecule has 28 heavy (non-hydrogen) atoms. The average molecular weight is 377 g/mol. The van der Waals surface area contributed by atoms with Gasteiger partial charge < -0.3 is 4.90 Å². The first-order valence-corrected chi connectivity index (χ1v) is 9.75. The molecule has 1 aliphatic heterocycles. The third-order valence-corrected chi connectivity index (χ3v) is 5.43. The van der Waals surface area contributed by atoms with Crippen LogP contribution in [0.15, 0.2) is 65.5 Å². The van der Waals surface area contributed by atoms with Gasteiger partial charge in [-0.25, -0.2) is 9.07 Å². The van der Waals surface area contributed by atoms with Gasteiger partial charge in [-0.15, -0.1) is 0 Å². The molecular weight excluding hydrogens is 353 g/mol. The molecule has 0 amide bonds.